The second kappa shape index (κ2) is 8.61. The number of benzene rings is 2. The zero-order chi connectivity index (χ0) is 23.7. The van der Waals surface area contributed by atoms with Crippen molar-refractivity contribution >= 4 is 6.09 Å². The average molecular weight is 465 g/mol. The van der Waals surface area contributed by atoms with Gasteiger partial charge in [-0.1, -0.05) is 18.2 Å². The summed E-state index contributed by atoms with van der Waals surface area (Å²) in [6.07, 6.45) is -10.3. The molecule has 32 heavy (non-hydrogen) atoms. The molecule has 0 spiro atoms. The first-order valence-electron chi connectivity index (χ1n) is 9.47. The Balaban J connectivity index is 1.59. The molecule has 1 amide bonds. The molecule has 1 aliphatic heterocycles. The topological polar surface area (TPSA) is 49.8 Å². The van der Waals surface area contributed by atoms with Gasteiger partial charge in [-0.25, -0.2) is 9.18 Å². The zero-order valence-electron chi connectivity index (χ0n) is 16.4. The third-order valence-corrected chi connectivity index (χ3v) is 5.31. The van der Waals surface area contributed by atoms with E-state index in [1.54, 1.807) is 0 Å². The van der Waals surface area contributed by atoms with Gasteiger partial charge in [0.25, 0.3) is 0 Å². The standard InChI is InChI=1S/C21H18F7NO3/c22-17-11-16(21(26,27)28)5-4-13(17)12-32-18(30)29-8-6-19(31,7-9-29)14-2-1-3-15(10-14)20(23,24)25/h1-5,10-11,31H,6-9,12H2. The number of nitrogens with zero attached hydrogens (tertiary/aromatic N) is 1. The number of carbonyl (C=O) groups is 1. The highest BCUT2D eigenvalue weighted by atomic mass is 19.4. The lowest BCUT2D eigenvalue weighted by atomic mass is 9.84. The lowest BCUT2D eigenvalue weighted by molar-refractivity contribution is -0.138. The molecule has 2 aromatic rings. The van der Waals surface area contributed by atoms with Crippen LogP contribution in [0.15, 0.2) is 42.5 Å². The number of carbonyl (C=O) groups excluding carboxylic acids is 1. The molecule has 4 nitrogen and oxygen atoms in total. The van der Waals surface area contributed by atoms with Crippen LogP contribution in [-0.2, 0) is 29.3 Å². The quantitative estimate of drug-likeness (QED) is 0.611. The van der Waals surface area contributed by atoms with E-state index in [1.165, 1.54) is 17.0 Å². The minimum atomic E-state index is -4.71. The summed E-state index contributed by atoms with van der Waals surface area (Å²) in [6, 6.07) is 6.16. The minimum Gasteiger partial charge on any atom is -0.444 e. The number of ether oxygens (including phenoxy) is 1. The first-order valence-corrected chi connectivity index (χ1v) is 9.47. The highest BCUT2D eigenvalue weighted by Crippen LogP contribution is 2.37. The fourth-order valence-electron chi connectivity index (χ4n) is 3.40. The van der Waals surface area contributed by atoms with Gasteiger partial charge in [0.1, 0.15) is 12.4 Å². The van der Waals surface area contributed by atoms with Crippen molar-refractivity contribution in [3.8, 4) is 0 Å². The van der Waals surface area contributed by atoms with Crippen molar-refractivity contribution in [2.24, 2.45) is 0 Å². The predicted molar refractivity (Wildman–Crippen MR) is 97.7 cm³/mol. The van der Waals surface area contributed by atoms with E-state index < -0.39 is 47.6 Å². The monoisotopic (exact) mass is 465 g/mol. The molecule has 0 atom stereocenters. The van der Waals surface area contributed by atoms with Gasteiger partial charge in [0.15, 0.2) is 0 Å². The van der Waals surface area contributed by atoms with Crippen LogP contribution in [0.4, 0.5) is 35.5 Å². The Bertz CT molecular complexity index is 980. The first-order chi connectivity index (χ1) is 14.8. The molecular formula is C21H18F7NO3. The fourth-order valence-corrected chi connectivity index (χ4v) is 3.40. The molecule has 0 saturated carbocycles. The Morgan fingerprint density at radius 3 is 2.12 bits per heavy atom. The number of alkyl halides is 6. The summed E-state index contributed by atoms with van der Waals surface area (Å²) in [4.78, 5) is 13.4. The molecule has 0 aliphatic carbocycles. The number of hydrogen-bond acceptors (Lipinski definition) is 3. The van der Waals surface area contributed by atoms with Gasteiger partial charge in [-0.2, -0.15) is 26.3 Å². The third kappa shape index (κ3) is 5.32. The largest absolute Gasteiger partial charge is 0.444 e. The Kier molecular flexibility index (Phi) is 6.41. The second-order valence-corrected chi connectivity index (χ2v) is 7.46. The number of hydrogen-bond donors (Lipinski definition) is 1. The van der Waals surface area contributed by atoms with E-state index in [0.717, 1.165) is 18.2 Å². The smallest absolute Gasteiger partial charge is 0.416 e. The number of halogens is 7. The van der Waals surface area contributed by atoms with Crippen LogP contribution < -0.4 is 0 Å². The Labute approximate surface area is 178 Å². The highest BCUT2D eigenvalue weighted by Gasteiger charge is 2.38. The molecule has 1 saturated heterocycles. The average Bonchev–Trinajstić information content (AvgIpc) is 2.72. The van der Waals surface area contributed by atoms with Crippen molar-refractivity contribution in [1.29, 1.82) is 0 Å². The van der Waals surface area contributed by atoms with Crippen molar-refractivity contribution in [3.05, 3.63) is 70.5 Å². The summed E-state index contributed by atoms with van der Waals surface area (Å²) < 4.78 is 95.4. The molecule has 0 aromatic heterocycles. The van der Waals surface area contributed by atoms with Crippen molar-refractivity contribution in [2.45, 2.75) is 37.4 Å². The van der Waals surface area contributed by atoms with Gasteiger partial charge < -0.3 is 14.7 Å². The van der Waals surface area contributed by atoms with Gasteiger partial charge in [0.05, 0.1) is 16.7 Å². The molecule has 0 radical (unpaired) electrons. The van der Waals surface area contributed by atoms with Crippen LogP contribution in [0, 0.1) is 5.82 Å². The lowest BCUT2D eigenvalue weighted by Gasteiger charge is -2.38. The van der Waals surface area contributed by atoms with E-state index in [9.17, 15) is 40.6 Å². The van der Waals surface area contributed by atoms with Gasteiger partial charge in [-0.3, -0.25) is 0 Å². The molecule has 174 valence electrons. The summed E-state index contributed by atoms with van der Waals surface area (Å²) in [5.74, 6) is -1.18. The van der Waals surface area contributed by atoms with Gasteiger partial charge in [0, 0.05) is 18.7 Å². The second-order valence-electron chi connectivity index (χ2n) is 7.46. The summed E-state index contributed by atoms with van der Waals surface area (Å²) in [6.45, 7) is -0.681. The van der Waals surface area contributed by atoms with Crippen LogP contribution in [0.1, 0.15) is 35.1 Å². The maximum absolute atomic E-state index is 13.9. The van der Waals surface area contributed by atoms with Crippen LogP contribution in [0.3, 0.4) is 0 Å². The molecule has 0 unspecified atom stereocenters. The first kappa shape index (κ1) is 23.8. The Morgan fingerprint density at radius 1 is 0.969 bits per heavy atom. The van der Waals surface area contributed by atoms with E-state index >= 15 is 0 Å². The predicted octanol–water partition coefficient (Wildman–Crippen LogP) is 5.48. The van der Waals surface area contributed by atoms with Gasteiger partial charge >= 0.3 is 18.4 Å². The van der Waals surface area contributed by atoms with Crippen molar-refractivity contribution in [2.75, 3.05) is 13.1 Å². The van der Waals surface area contributed by atoms with Gasteiger partial charge in [-0.15, -0.1) is 0 Å². The molecule has 2 aromatic carbocycles. The summed E-state index contributed by atoms with van der Waals surface area (Å²) in [7, 11) is 0. The molecule has 1 heterocycles. The number of rotatable bonds is 3. The van der Waals surface area contributed by atoms with Crippen LogP contribution in [0.5, 0.6) is 0 Å². The van der Waals surface area contributed by atoms with Crippen LogP contribution in [-0.4, -0.2) is 29.2 Å². The molecule has 11 heteroatoms. The molecule has 0 bridgehead atoms. The van der Waals surface area contributed by atoms with Crippen LogP contribution in [0.2, 0.25) is 0 Å². The van der Waals surface area contributed by atoms with Gasteiger partial charge in [0.2, 0.25) is 0 Å². The van der Waals surface area contributed by atoms with Crippen molar-refractivity contribution < 1.29 is 45.4 Å². The SMILES string of the molecule is O=C(OCc1ccc(C(F)(F)F)cc1F)N1CCC(O)(c2cccc(C(F)(F)F)c2)CC1. The Morgan fingerprint density at radius 2 is 1.56 bits per heavy atom. The molecule has 3 rings (SSSR count). The molecular weight excluding hydrogens is 447 g/mol. The maximum Gasteiger partial charge on any atom is 0.416 e. The normalized spacial score (nSPS) is 16.7. The molecule has 1 aliphatic rings. The molecule has 1 fully saturated rings. The third-order valence-electron chi connectivity index (χ3n) is 5.31. The van der Waals surface area contributed by atoms with E-state index in [0.29, 0.717) is 12.1 Å². The highest BCUT2D eigenvalue weighted by molar-refractivity contribution is 5.67. The van der Waals surface area contributed by atoms with Gasteiger partial charge in [-0.05, 0) is 42.7 Å². The fraction of sp³-hybridized carbons (Fsp3) is 0.381. The van der Waals surface area contributed by atoms with Crippen LogP contribution in [0.25, 0.3) is 0 Å². The zero-order valence-corrected chi connectivity index (χ0v) is 16.4. The lowest BCUT2D eigenvalue weighted by Crippen LogP contribution is -2.45. The maximum atomic E-state index is 13.9. The number of amides is 1. The number of likely N-dealkylation sites (tertiary alicyclic amines) is 1. The number of aliphatic hydroxyl groups is 1. The van der Waals surface area contributed by atoms with Crippen molar-refractivity contribution in [3.63, 3.8) is 0 Å². The number of piperidine rings is 1. The van der Waals surface area contributed by atoms with E-state index in [2.05, 4.69) is 0 Å². The Hall–Kier alpha value is -2.82. The van der Waals surface area contributed by atoms with Crippen molar-refractivity contribution in [1.82, 2.24) is 4.90 Å². The van der Waals surface area contributed by atoms with E-state index in [4.69, 9.17) is 4.74 Å². The molecule has 1 N–H and O–H groups in total. The van der Waals surface area contributed by atoms with Crippen LogP contribution >= 0.6 is 0 Å². The summed E-state index contributed by atoms with van der Waals surface area (Å²) in [5.41, 5.74) is -3.81. The summed E-state index contributed by atoms with van der Waals surface area (Å²) >= 11 is 0. The van der Waals surface area contributed by atoms with E-state index in [-0.39, 0.29) is 37.1 Å². The minimum absolute atomic E-state index is 0.0406. The van der Waals surface area contributed by atoms with E-state index in [1.807, 2.05) is 0 Å². The summed E-state index contributed by atoms with van der Waals surface area (Å²) in [5, 5.41) is 10.8.